The van der Waals surface area contributed by atoms with E-state index in [9.17, 15) is 18.8 Å². The molecule has 1 unspecified atom stereocenters. The van der Waals surface area contributed by atoms with Crippen LogP contribution in [0.25, 0.3) is 22.2 Å². The third kappa shape index (κ3) is 6.16. The van der Waals surface area contributed by atoms with Crippen LogP contribution in [0.2, 0.25) is 0 Å². The Morgan fingerprint density at radius 1 is 1.20 bits per heavy atom. The largest absolute Gasteiger partial charge is 0.386 e. The molecule has 238 valence electrons. The van der Waals surface area contributed by atoms with Crippen LogP contribution in [0.5, 0.6) is 0 Å². The second-order valence-electron chi connectivity index (χ2n) is 10.5. The molecule has 5 heterocycles. The minimum Gasteiger partial charge on any atom is -0.383 e. The third-order valence-electron chi connectivity index (χ3n) is 7.83. The van der Waals surface area contributed by atoms with Gasteiger partial charge in [-0.25, -0.2) is 19.5 Å². The zero-order valence-corrected chi connectivity index (χ0v) is 26.0. The van der Waals surface area contributed by atoms with Gasteiger partial charge in [0.05, 0.1) is 24.9 Å². The van der Waals surface area contributed by atoms with Gasteiger partial charge < -0.3 is 39.4 Å². The summed E-state index contributed by atoms with van der Waals surface area (Å²) < 4.78 is 56.6. The van der Waals surface area contributed by atoms with Crippen molar-refractivity contribution in [2.45, 2.75) is 49.8 Å². The highest BCUT2D eigenvalue weighted by atomic mass is 32.7. The number of nitrogens with zero attached hydrogens (tertiary/aromatic N) is 6. The fourth-order valence-corrected chi connectivity index (χ4v) is 7.69. The lowest BCUT2D eigenvalue weighted by molar-refractivity contribution is -0.0486. The van der Waals surface area contributed by atoms with Crippen molar-refractivity contribution in [2.24, 2.45) is 5.92 Å². The number of methoxy groups -OCH3 is 1. The molecule has 4 aromatic rings. The molecule has 0 radical (unpaired) electrons. The maximum absolute atomic E-state index is 13.6. The average Bonchev–Trinajstić information content (AvgIpc) is 3.75. The van der Waals surface area contributed by atoms with E-state index >= 15 is 0 Å². The molecule has 18 nitrogen and oxygen atoms in total. The second kappa shape index (κ2) is 12.5. The summed E-state index contributed by atoms with van der Waals surface area (Å²) >= 11 is 4.25. The summed E-state index contributed by atoms with van der Waals surface area (Å²) in [5, 5.41) is 0.782. The van der Waals surface area contributed by atoms with Gasteiger partial charge in [0.2, 0.25) is 5.95 Å². The molecule has 1 aliphatic carbocycles. The minimum absolute atomic E-state index is 0.0265. The summed E-state index contributed by atoms with van der Waals surface area (Å²) in [4.78, 5) is 40.6. The molecule has 0 bridgehead atoms. The third-order valence-corrected chi connectivity index (χ3v) is 9.86. The molecule has 1 saturated heterocycles. The molecule has 2 fully saturated rings. The number of nitrogens with one attached hydrogen (secondary N) is 1. The van der Waals surface area contributed by atoms with Crippen LogP contribution in [0.15, 0.2) is 29.7 Å². The summed E-state index contributed by atoms with van der Waals surface area (Å²) in [7, 11) is -1.94. The summed E-state index contributed by atoms with van der Waals surface area (Å²) in [6.07, 6.45) is 2.83. The smallest absolute Gasteiger partial charge is 0.383 e. The van der Waals surface area contributed by atoms with Crippen LogP contribution in [0.3, 0.4) is 0 Å². The average molecular weight is 672 g/mol. The Morgan fingerprint density at radius 2 is 2.02 bits per heavy atom. The number of aromatic nitrogens is 7. The van der Waals surface area contributed by atoms with Gasteiger partial charge in [-0.2, -0.15) is 4.98 Å². The number of thiol groups is 1. The van der Waals surface area contributed by atoms with Crippen LogP contribution in [-0.4, -0.2) is 77.6 Å². The molecule has 4 aromatic heterocycles. The van der Waals surface area contributed by atoms with E-state index < -0.39 is 45.2 Å². The minimum atomic E-state index is -4.06. The molecule has 6 rings (SSSR count). The van der Waals surface area contributed by atoms with Crippen molar-refractivity contribution in [1.82, 2.24) is 34.1 Å². The van der Waals surface area contributed by atoms with Gasteiger partial charge in [0.15, 0.2) is 17.4 Å². The summed E-state index contributed by atoms with van der Waals surface area (Å²) in [5.41, 5.74) is 11.9. The van der Waals surface area contributed by atoms with Gasteiger partial charge in [-0.05, 0) is 31.2 Å². The van der Waals surface area contributed by atoms with Gasteiger partial charge >= 0.3 is 15.1 Å². The molecule has 6 N–H and O–H groups in total. The Bertz CT molecular complexity index is 1800. The zero-order valence-electron chi connectivity index (χ0n) is 23.3. The predicted molar refractivity (Wildman–Crippen MR) is 160 cm³/mol. The van der Waals surface area contributed by atoms with E-state index in [-0.39, 0.29) is 42.3 Å². The van der Waals surface area contributed by atoms with Gasteiger partial charge in [-0.3, -0.25) is 23.4 Å². The van der Waals surface area contributed by atoms with Gasteiger partial charge in [-0.15, -0.1) is 0 Å². The number of hydrogen-bond donors (Lipinski definition) is 5. The second-order valence-corrected chi connectivity index (χ2v) is 14.2. The molecule has 2 aliphatic rings. The molecule has 1 aliphatic heterocycles. The molecular formula is C23H31N9O9P2S. The first-order valence-corrected chi connectivity index (χ1v) is 17.5. The van der Waals surface area contributed by atoms with Crippen molar-refractivity contribution >= 4 is 61.3 Å². The van der Waals surface area contributed by atoms with Crippen LogP contribution in [0.1, 0.15) is 31.5 Å². The number of fused-ring (bicyclic) bond motifs is 2. The van der Waals surface area contributed by atoms with Crippen LogP contribution in [0.4, 0.5) is 11.8 Å². The number of H-pyrrole nitrogens is 1. The maximum atomic E-state index is 13.6. The first-order valence-electron chi connectivity index (χ1n) is 13.5. The quantitative estimate of drug-likeness (QED) is 0.113. The number of rotatable bonds is 11. The summed E-state index contributed by atoms with van der Waals surface area (Å²) in [6.45, 7) is -4.30. The van der Waals surface area contributed by atoms with Crippen LogP contribution >= 0.6 is 27.3 Å². The molecule has 8 atom stereocenters. The molecule has 0 amide bonds. The van der Waals surface area contributed by atoms with E-state index in [0.29, 0.717) is 5.82 Å². The number of aromatic amines is 1. The lowest BCUT2D eigenvalue weighted by Gasteiger charge is -2.26. The van der Waals surface area contributed by atoms with Crippen molar-refractivity contribution in [3.63, 3.8) is 0 Å². The van der Waals surface area contributed by atoms with Gasteiger partial charge in [-0.1, -0.05) is 12.2 Å². The Hall–Kier alpha value is -2.86. The Balaban J connectivity index is 1.19. The standard InChI is InChI=1S/C23H31N9O9P2S/c1-37-16-14(8-38-42(34)35)40-22(32-10-28-15-20(32)29-23(25)30-21(15)33)17(16)41-43(36,44)39-7-11-2-3-12(6-11)31-5-4-13-18(24)26-9-27-19(13)31/h4-5,9-12,14,16-17,22,42H,2-3,6-8H2,1H3,(H,34,35)(H,36,44)(H2,24,26,27)(H3,25,29,30,33)/t11-,12+,14-,16-,17-,22-,43+/m1/s1. The Labute approximate surface area is 255 Å². The maximum Gasteiger partial charge on any atom is 0.386 e. The molecule has 21 heteroatoms. The monoisotopic (exact) mass is 671 g/mol. The Kier molecular flexibility index (Phi) is 8.85. The zero-order chi connectivity index (χ0) is 31.2. The molecular weight excluding hydrogens is 640 g/mol. The van der Waals surface area contributed by atoms with E-state index in [1.54, 1.807) is 0 Å². The number of imidazole rings is 1. The topological polar surface area (TPSA) is 247 Å². The van der Waals surface area contributed by atoms with E-state index in [0.717, 1.165) is 30.3 Å². The van der Waals surface area contributed by atoms with Crippen molar-refractivity contribution in [3.8, 4) is 0 Å². The molecule has 1 saturated carbocycles. The molecule has 0 spiro atoms. The van der Waals surface area contributed by atoms with Crippen molar-refractivity contribution in [2.75, 3.05) is 31.8 Å². The first-order chi connectivity index (χ1) is 21.0. The SMILES string of the molecule is CO[C@H]1[C@@H](O[P@@](=O)(S)OC[C@@H]2CC[C@H](n3ccc4c(N)ncnc43)C2)[C@H](n2cnc3c(=O)[nH]c(N)nc32)O[C@@H]1CO[PH](=O)O. The predicted octanol–water partition coefficient (Wildman–Crippen LogP) is 1.82. The molecule has 44 heavy (non-hydrogen) atoms. The highest BCUT2D eigenvalue weighted by Crippen LogP contribution is 2.57. The van der Waals surface area contributed by atoms with E-state index in [1.165, 1.54) is 24.3 Å². The van der Waals surface area contributed by atoms with Crippen molar-refractivity contribution < 1.29 is 37.1 Å². The number of nitrogen functional groups attached to an aromatic ring is 2. The highest BCUT2D eigenvalue weighted by molar-refractivity contribution is 8.44. The first kappa shape index (κ1) is 31.1. The van der Waals surface area contributed by atoms with Gasteiger partial charge in [0.25, 0.3) is 5.56 Å². The van der Waals surface area contributed by atoms with Crippen molar-refractivity contribution in [3.05, 3.63) is 35.3 Å². The number of ether oxygens (including phenoxy) is 2. The normalized spacial score (nSPS) is 27.7. The Morgan fingerprint density at radius 3 is 2.80 bits per heavy atom. The van der Waals surface area contributed by atoms with Gasteiger partial charge in [0.1, 0.15) is 36.1 Å². The fraction of sp³-hybridized carbons (Fsp3) is 0.522. The van der Waals surface area contributed by atoms with Crippen LogP contribution in [-0.2, 0) is 32.2 Å². The van der Waals surface area contributed by atoms with E-state index in [4.69, 9.17) is 34.5 Å². The molecule has 0 aromatic carbocycles. The van der Waals surface area contributed by atoms with E-state index in [1.807, 2.05) is 12.3 Å². The summed E-state index contributed by atoms with van der Waals surface area (Å²) in [6, 6.07) is 2.02. The van der Waals surface area contributed by atoms with E-state index in [2.05, 4.69) is 41.7 Å². The lowest BCUT2D eigenvalue weighted by atomic mass is 10.1. The lowest BCUT2D eigenvalue weighted by Crippen LogP contribution is -2.36. The number of hydrogen-bond acceptors (Lipinski definition) is 14. The van der Waals surface area contributed by atoms with Crippen LogP contribution in [0, 0.1) is 5.92 Å². The van der Waals surface area contributed by atoms with Crippen LogP contribution < -0.4 is 17.0 Å². The number of anilines is 2. The van der Waals surface area contributed by atoms with Crippen molar-refractivity contribution in [1.29, 1.82) is 0 Å². The highest BCUT2D eigenvalue weighted by Gasteiger charge is 2.50. The summed E-state index contributed by atoms with van der Waals surface area (Å²) in [5.74, 6) is 0.302. The van der Waals surface area contributed by atoms with Gasteiger partial charge in [0, 0.05) is 19.3 Å². The number of nitrogens with two attached hydrogens (primary N) is 2. The fourth-order valence-electron chi connectivity index (χ4n) is 5.87.